The fraction of sp³-hybridized carbons (Fsp3) is 0. The van der Waals surface area contributed by atoms with E-state index >= 15 is 0 Å². The van der Waals surface area contributed by atoms with Crippen molar-refractivity contribution < 1.29 is 4.42 Å². The number of benzene rings is 3. The Morgan fingerprint density at radius 3 is 2.22 bits per heavy atom. The summed E-state index contributed by atoms with van der Waals surface area (Å²) in [6.07, 6.45) is 0. The molecule has 2 nitrogen and oxygen atoms in total. The molecular formula is C16H9NO. The molecule has 18 heavy (non-hydrogen) atoms. The second-order valence-electron chi connectivity index (χ2n) is 4.73. The number of hydrogen-bond acceptors (Lipinski definition) is 1. The zero-order valence-corrected chi connectivity index (χ0v) is 9.53. The number of aromatic nitrogens is 1. The minimum absolute atomic E-state index is 0.979. The zero-order chi connectivity index (χ0) is 11.7. The van der Waals surface area contributed by atoms with Crippen LogP contribution in [-0.4, -0.2) is 4.98 Å². The Morgan fingerprint density at radius 2 is 1.39 bits per heavy atom. The maximum absolute atomic E-state index is 5.96. The molecule has 3 heterocycles. The van der Waals surface area contributed by atoms with Gasteiger partial charge in [-0.3, -0.25) is 0 Å². The van der Waals surface area contributed by atoms with Gasteiger partial charge in [0.25, 0.3) is 0 Å². The number of aromatic amines is 1. The van der Waals surface area contributed by atoms with E-state index in [1.807, 2.05) is 0 Å². The van der Waals surface area contributed by atoms with Gasteiger partial charge in [-0.25, -0.2) is 0 Å². The van der Waals surface area contributed by atoms with Gasteiger partial charge >= 0.3 is 0 Å². The summed E-state index contributed by atoms with van der Waals surface area (Å²) in [5.41, 5.74) is 4.29. The van der Waals surface area contributed by atoms with Gasteiger partial charge in [-0.15, -0.1) is 0 Å². The molecule has 5 rings (SSSR count). The van der Waals surface area contributed by atoms with Crippen LogP contribution < -0.4 is 0 Å². The van der Waals surface area contributed by atoms with Gasteiger partial charge in [0.2, 0.25) is 0 Å². The highest BCUT2D eigenvalue weighted by molar-refractivity contribution is 6.31. The topological polar surface area (TPSA) is 28.9 Å². The van der Waals surface area contributed by atoms with Gasteiger partial charge in [-0.2, -0.15) is 0 Å². The summed E-state index contributed by atoms with van der Waals surface area (Å²) >= 11 is 0. The molecule has 2 bridgehead atoms. The first kappa shape index (κ1) is 8.59. The number of furan rings is 2. The molecule has 0 saturated carbocycles. The third-order valence-corrected chi connectivity index (χ3v) is 3.78. The summed E-state index contributed by atoms with van der Waals surface area (Å²) in [7, 11) is 0. The molecule has 0 spiro atoms. The lowest BCUT2D eigenvalue weighted by molar-refractivity contribution is 0.681. The molecule has 5 aromatic rings. The van der Waals surface area contributed by atoms with Crippen LogP contribution in [0.25, 0.3) is 43.7 Å². The Balaban J connectivity index is 2.21. The first-order valence-corrected chi connectivity index (χ1v) is 6.06. The molecule has 2 heteroatoms. The number of fused-ring (bicyclic) bond motifs is 10. The van der Waals surface area contributed by atoms with Crippen molar-refractivity contribution in [2.45, 2.75) is 0 Å². The lowest BCUT2D eigenvalue weighted by Gasteiger charge is -1.92. The molecule has 0 unspecified atom stereocenters. The van der Waals surface area contributed by atoms with E-state index in [-0.39, 0.29) is 0 Å². The van der Waals surface area contributed by atoms with Crippen molar-refractivity contribution in [3.63, 3.8) is 0 Å². The van der Waals surface area contributed by atoms with Crippen LogP contribution in [0.5, 0.6) is 0 Å². The van der Waals surface area contributed by atoms with Crippen LogP contribution in [0.2, 0.25) is 0 Å². The van der Waals surface area contributed by atoms with Crippen molar-refractivity contribution in [3.05, 3.63) is 48.5 Å². The van der Waals surface area contributed by atoms with Gasteiger partial charge in [0.1, 0.15) is 5.58 Å². The third kappa shape index (κ3) is 0.798. The summed E-state index contributed by atoms with van der Waals surface area (Å²) in [6.45, 7) is 0. The molecule has 2 aromatic carbocycles. The Hall–Kier alpha value is -2.48. The predicted octanol–water partition coefficient (Wildman–Crippen LogP) is 4.66. The summed E-state index contributed by atoms with van der Waals surface area (Å²) in [6, 6.07) is 16.7. The van der Waals surface area contributed by atoms with Gasteiger partial charge in [0.15, 0.2) is 5.58 Å². The first-order valence-electron chi connectivity index (χ1n) is 6.06. The van der Waals surface area contributed by atoms with E-state index < -0.39 is 0 Å². The molecule has 3 aromatic heterocycles. The van der Waals surface area contributed by atoms with Gasteiger partial charge in [0.05, 0.1) is 10.9 Å². The van der Waals surface area contributed by atoms with Crippen LogP contribution in [0.15, 0.2) is 52.9 Å². The molecule has 0 saturated heterocycles. The SMILES string of the molecule is c1ccc2c(c1)[nH]c1c3oc(c4ccccc43)c21. The smallest absolute Gasteiger partial charge is 0.159 e. The second kappa shape index (κ2) is 2.67. The summed E-state index contributed by atoms with van der Waals surface area (Å²) in [5, 5.41) is 4.88. The fourth-order valence-corrected chi connectivity index (χ4v) is 3.01. The van der Waals surface area contributed by atoms with Crippen LogP contribution in [-0.2, 0) is 0 Å². The molecule has 0 aliphatic heterocycles. The number of hydrogen-bond donors (Lipinski definition) is 1. The van der Waals surface area contributed by atoms with Crippen molar-refractivity contribution in [1.29, 1.82) is 0 Å². The minimum Gasteiger partial charge on any atom is -0.453 e. The molecule has 0 amide bonds. The average Bonchev–Trinajstić information content (AvgIpc) is 3.07. The first-order chi connectivity index (χ1) is 8.93. The van der Waals surface area contributed by atoms with Gasteiger partial charge in [0, 0.05) is 21.7 Å². The van der Waals surface area contributed by atoms with Gasteiger partial charge < -0.3 is 9.40 Å². The van der Waals surface area contributed by atoms with Crippen LogP contribution in [0.3, 0.4) is 0 Å². The van der Waals surface area contributed by atoms with Crippen LogP contribution in [0, 0.1) is 0 Å². The van der Waals surface area contributed by atoms with E-state index in [1.165, 1.54) is 27.1 Å². The van der Waals surface area contributed by atoms with E-state index in [4.69, 9.17) is 4.42 Å². The summed E-state index contributed by atoms with van der Waals surface area (Å²) in [4.78, 5) is 3.47. The van der Waals surface area contributed by atoms with Crippen molar-refractivity contribution in [3.8, 4) is 0 Å². The number of rotatable bonds is 0. The molecule has 0 radical (unpaired) electrons. The predicted molar refractivity (Wildman–Crippen MR) is 74.3 cm³/mol. The monoisotopic (exact) mass is 231 g/mol. The van der Waals surface area contributed by atoms with Crippen LogP contribution in [0.4, 0.5) is 0 Å². The Bertz CT molecular complexity index is 1020. The van der Waals surface area contributed by atoms with Crippen LogP contribution >= 0.6 is 0 Å². The van der Waals surface area contributed by atoms with Gasteiger partial charge in [-0.1, -0.05) is 42.5 Å². The fourth-order valence-electron chi connectivity index (χ4n) is 3.01. The summed E-state index contributed by atoms with van der Waals surface area (Å²) < 4.78 is 5.96. The molecule has 0 aliphatic carbocycles. The van der Waals surface area contributed by atoms with Crippen molar-refractivity contribution in [2.24, 2.45) is 0 Å². The van der Waals surface area contributed by atoms with E-state index in [1.54, 1.807) is 0 Å². The molecular weight excluding hydrogens is 222 g/mol. The molecule has 0 atom stereocenters. The van der Waals surface area contributed by atoms with Gasteiger partial charge in [-0.05, 0) is 6.07 Å². The quantitative estimate of drug-likeness (QED) is 0.412. The third-order valence-electron chi connectivity index (χ3n) is 3.78. The largest absolute Gasteiger partial charge is 0.453 e. The second-order valence-corrected chi connectivity index (χ2v) is 4.73. The Labute approximate surface area is 102 Å². The minimum atomic E-state index is 0.979. The lowest BCUT2D eigenvalue weighted by atomic mass is 10.1. The highest BCUT2D eigenvalue weighted by Crippen LogP contribution is 2.43. The zero-order valence-electron chi connectivity index (χ0n) is 9.53. The number of nitrogens with one attached hydrogen (secondary N) is 1. The van der Waals surface area contributed by atoms with E-state index in [9.17, 15) is 0 Å². The number of H-pyrrole nitrogens is 1. The Morgan fingerprint density at radius 1 is 0.722 bits per heavy atom. The van der Waals surface area contributed by atoms with E-state index in [0.717, 1.165) is 16.7 Å². The highest BCUT2D eigenvalue weighted by Gasteiger charge is 2.20. The summed E-state index contributed by atoms with van der Waals surface area (Å²) in [5.74, 6) is 0. The maximum Gasteiger partial charge on any atom is 0.159 e. The van der Waals surface area contributed by atoms with Crippen molar-refractivity contribution >= 4 is 43.7 Å². The Kier molecular flexibility index (Phi) is 1.27. The maximum atomic E-state index is 5.96. The van der Waals surface area contributed by atoms with E-state index in [2.05, 4.69) is 53.5 Å². The highest BCUT2D eigenvalue weighted by atomic mass is 16.3. The average molecular weight is 231 g/mol. The van der Waals surface area contributed by atoms with Crippen molar-refractivity contribution in [1.82, 2.24) is 4.98 Å². The molecule has 1 N–H and O–H groups in total. The molecule has 84 valence electrons. The lowest BCUT2D eigenvalue weighted by Crippen LogP contribution is -1.70. The van der Waals surface area contributed by atoms with E-state index in [0.29, 0.717) is 0 Å². The molecule has 0 fully saturated rings. The standard InChI is InChI=1S/C16H9NO/c1-2-6-10-9(5-1)15-13-11-7-3-4-8-12(11)17-14(13)16(10)18-15/h1-8,17H. The van der Waals surface area contributed by atoms with Crippen LogP contribution in [0.1, 0.15) is 0 Å². The number of para-hydroxylation sites is 1. The normalized spacial score (nSPS) is 12.4. The van der Waals surface area contributed by atoms with Crippen molar-refractivity contribution in [2.75, 3.05) is 0 Å². The molecule has 0 aliphatic rings.